The molecular weight excluding hydrogens is 230 g/mol. The molecule has 0 unspecified atom stereocenters. The highest BCUT2D eigenvalue weighted by Crippen LogP contribution is 2.13. The average molecular weight is 245 g/mol. The van der Waals surface area contributed by atoms with Gasteiger partial charge in [-0.25, -0.2) is 0 Å². The molecule has 0 saturated carbocycles. The maximum atomic E-state index is 4.46. The Labute approximate surface area is 101 Å². The third kappa shape index (κ3) is 2.68. The molecule has 0 N–H and O–H groups in total. The lowest BCUT2D eigenvalue weighted by Crippen LogP contribution is -2.41. The van der Waals surface area contributed by atoms with E-state index in [1.807, 2.05) is 12.3 Å². The Kier molecular flexibility index (Phi) is 3.36. The lowest BCUT2D eigenvalue weighted by molar-refractivity contribution is 1.37. The van der Waals surface area contributed by atoms with Crippen LogP contribution in [-0.4, -0.2) is 13.1 Å². The Hall–Kier alpha value is -1.19. The van der Waals surface area contributed by atoms with Crippen LogP contribution < -0.4 is 5.32 Å². The van der Waals surface area contributed by atoms with Crippen molar-refractivity contribution in [3.8, 4) is 0 Å². The van der Waals surface area contributed by atoms with E-state index in [1.54, 1.807) is 11.3 Å². The number of nitrogens with zero attached hydrogens (tertiary/aromatic N) is 1. The van der Waals surface area contributed by atoms with Crippen LogP contribution in [0, 0.1) is 0 Å². The molecule has 16 heavy (non-hydrogen) atoms. The topological polar surface area (TPSA) is 12.9 Å². The summed E-state index contributed by atoms with van der Waals surface area (Å²) in [5.74, 6) is 0. The zero-order chi connectivity index (χ0) is 11.4. The van der Waals surface area contributed by atoms with Gasteiger partial charge in [-0.3, -0.25) is 4.98 Å². The number of thiophene rings is 1. The van der Waals surface area contributed by atoms with E-state index in [0.717, 1.165) is 0 Å². The largest absolute Gasteiger partial charge is 0.266 e. The van der Waals surface area contributed by atoms with Gasteiger partial charge in [0.2, 0.25) is 0 Å². The summed E-state index contributed by atoms with van der Waals surface area (Å²) < 4.78 is 0. The maximum Gasteiger partial charge on any atom is 0.127 e. The molecule has 0 aliphatic rings. The zero-order valence-corrected chi connectivity index (χ0v) is 11.4. The highest BCUT2D eigenvalue weighted by molar-refractivity contribution is 7.11. The summed E-state index contributed by atoms with van der Waals surface area (Å²) in [4.78, 5) is 5.78. The van der Waals surface area contributed by atoms with Gasteiger partial charge in [0, 0.05) is 16.4 Å². The van der Waals surface area contributed by atoms with E-state index in [1.165, 1.54) is 10.2 Å². The van der Waals surface area contributed by atoms with Crippen molar-refractivity contribution >= 4 is 30.8 Å². The van der Waals surface area contributed by atoms with Crippen molar-refractivity contribution in [1.82, 2.24) is 4.98 Å². The van der Waals surface area contributed by atoms with Gasteiger partial charge in [-0.05, 0) is 23.6 Å². The highest BCUT2D eigenvalue weighted by atomic mass is 32.1. The molecule has 0 bridgehead atoms. The van der Waals surface area contributed by atoms with Gasteiger partial charge in [0.05, 0.1) is 0 Å². The molecule has 82 valence electrons. The second-order valence-corrected chi connectivity index (χ2v) is 9.55. The first kappa shape index (κ1) is 11.3. The lowest BCUT2D eigenvalue weighted by atomic mass is 10.5. The molecule has 0 saturated heterocycles. The molecule has 1 nitrogen and oxygen atoms in total. The van der Waals surface area contributed by atoms with Crippen LogP contribution in [0.3, 0.4) is 0 Å². The number of aromatic nitrogens is 1. The van der Waals surface area contributed by atoms with Gasteiger partial charge in [-0.15, -0.1) is 11.3 Å². The smallest absolute Gasteiger partial charge is 0.127 e. The fourth-order valence-corrected chi connectivity index (χ4v) is 3.94. The standard InChI is InChI=1S/C13H15NSSi/c1-16(2,13-7-3-4-9-14-13)11-8-12-6-5-10-15-12/h3-11H,1-2H3/b11-8+. The van der Waals surface area contributed by atoms with E-state index >= 15 is 0 Å². The molecule has 3 heteroatoms. The number of hydrogen-bond donors (Lipinski definition) is 0. The lowest BCUT2D eigenvalue weighted by Gasteiger charge is -2.16. The Morgan fingerprint density at radius 1 is 1.19 bits per heavy atom. The molecule has 0 aliphatic carbocycles. The fourth-order valence-electron chi connectivity index (χ4n) is 1.51. The fraction of sp³-hybridized carbons (Fsp3) is 0.154. The zero-order valence-electron chi connectivity index (χ0n) is 9.55. The predicted molar refractivity (Wildman–Crippen MR) is 74.7 cm³/mol. The Morgan fingerprint density at radius 3 is 2.69 bits per heavy atom. The van der Waals surface area contributed by atoms with E-state index < -0.39 is 8.07 Å². The van der Waals surface area contributed by atoms with E-state index in [9.17, 15) is 0 Å². The van der Waals surface area contributed by atoms with Crippen LogP contribution in [0.15, 0.2) is 47.6 Å². The van der Waals surface area contributed by atoms with Gasteiger partial charge in [0.15, 0.2) is 0 Å². The molecule has 2 aromatic heterocycles. The molecule has 0 radical (unpaired) electrons. The van der Waals surface area contributed by atoms with Crippen molar-refractivity contribution in [3.05, 3.63) is 52.5 Å². The highest BCUT2D eigenvalue weighted by Gasteiger charge is 2.20. The average Bonchev–Trinajstić information content (AvgIpc) is 2.81. The SMILES string of the molecule is C[Si](C)(/C=C/c1cccs1)c1ccccn1. The molecule has 0 aromatic carbocycles. The van der Waals surface area contributed by atoms with E-state index in [0.29, 0.717) is 0 Å². The van der Waals surface area contributed by atoms with Gasteiger partial charge >= 0.3 is 0 Å². The molecule has 2 aromatic rings. The van der Waals surface area contributed by atoms with Crippen LogP contribution in [0.1, 0.15) is 4.88 Å². The van der Waals surface area contributed by atoms with Crippen molar-refractivity contribution in [2.75, 3.05) is 0 Å². The first-order valence-corrected chi connectivity index (χ1v) is 9.28. The van der Waals surface area contributed by atoms with Crippen molar-refractivity contribution in [2.24, 2.45) is 0 Å². The molecule has 0 fully saturated rings. The molecule has 0 aliphatic heterocycles. The minimum absolute atomic E-state index is 1.24. The predicted octanol–water partition coefficient (Wildman–Crippen LogP) is 3.31. The van der Waals surface area contributed by atoms with Crippen molar-refractivity contribution < 1.29 is 0 Å². The van der Waals surface area contributed by atoms with E-state index in [2.05, 4.69) is 59.5 Å². The number of pyridine rings is 1. The Bertz CT molecular complexity index is 460. The Morgan fingerprint density at radius 2 is 2.06 bits per heavy atom. The van der Waals surface area contributed by atoms with Gasteiger partial charge in [-0.2, -0.15) is 0 Å². The monoisotopic (exact) mass is 245 g/mol. The van der Waals surface area contributed by atoms with Crippen LogP contribution in [0.5, 0.6) is 0 Å². The van der Waals surface area contributed by atoms with Crippen LogP contribution >= 0.6 is 11.3 Å². The minimum Gasteiger partial charge on any atom is -0.266 e. The van der Waals surface area contributed by atoms with Crippen molar-refractivity contribution in [3.63, 3.8) is 0 Å². The first-order valence-electron chi connectivity index (χ1n) is 5.33. The quantitative estimate of drug-likeness (QED) is 0.756. The second kappa shape index (κ2) is 4.76. The van der Waals surface area contributed by atoms with Crippen molar-refractivity contribution in [2.45, 2.75) is 13.1 Å². The van der Waals surface area contributed by atoms with Crippen LogP contribution in [0.4, 0.5) is 0 Å². The minimum atomic E-state index is -1.52. The van der Waals surface area contributed by atoms with Gasteiger partial charge in [-0.1, -0.05) is 37.0 Å². The summed E-state index contributed by atoms with van der Waals surface area (Å²) in [6.45, 7) is 4.64. The molecule has 2 rings (SSSR count). The normalized spacial score (nSPS) is 12.1. The summed E-state index contributed by atoms with van der Waals surface area (Å²) >= 11 is 1.77. The van der Waals surface area contributed by atoms with E-state index in [4.69, 9.17) is 0 Å². The molecular formula is C13H15NSSi. The summed E-state index contributed by atoms with van der Waals surface area (Å²) in [6, 6.07) is 10.4. The maximum absolute atomic E-state index is 4.46. The van der Waals surface area contributed by atoms with Gasteiger partial charge in [0.25, 0.3) is 0 Å². The first-order chi connectivity index (χ1) is 7.68. The van der Waals surface area contributed by atoms with Crippen LogP contribution in [0.25, 0.3) is 6.08 Å². The van der Waals surface area contributed by atoms with Crippen LogP contribution in [0.2, 0.25) is 13.1 Å². The number of hydrogen-bond acceptors (Lipinski definition) is 2. The summed E-state index contributed by atoms with van der Waals surface area (Å²) in [5, 5.41) is 3.34. The molecule has 0 spiro atoms. The van der Waals surface area contributed by atoms with Crippen molar-refractivity contribution in [1.29, 1.82) is 0 Å². The van der Waals surface area contributed by atoms with Gasteiger partial charge < -0.3 is 0 Å². The Balaban J connectivity index is 2.20. The summed E-state index contributed by atoms with van der Waals surface area (Å²) in [5.41, 5.74) is 2.35. The molecule has 0 amide bonds. The van der Waals surface area contributed by atoms with Gasteiger partial charge in [0.1, 0.15) is 8.07 Å². The molecule has 0 atom stereocenters. The third-order valence-corrected chi connectivity index (χ3v) is 5.99. The summed E-state index contributed by atoms with van der Waals surface area (Å²) in [7, 11) is -1.52. The number of rotatable bonds is 3. The van der Waals surface area contributed by atoms with E-state index in [-0.39, 0.29) is 0 Å². The second-order valence-electron chi connectivity index (χ2n) is 4.29. The van der Waals surface area contributed by atoms with Crippen LogP contribution in [-0.2, 0) is 0 Å². The third-order valence-electron chi connectivity index (χ3n) is 2.53. The molecule has 2 heterocycles. The summed E-state index contributed by atoms with van der Waals surface area (Å²) in [6.07, 6.45) is 4.11.